The number of nitrogens with one attached hydrogen (secondary N) is 1. The van der Waals surface area contributed by atoms with E-state index < -0.39 is 23.7 Å². The summed E-state index contributed by atoms with van der Waals surface area (Å²) >= 11 is 18.0. The molecule has 170 valence electrons. The highest BCUT2D eigenvalue weighted by molar-refractivity contribution is 7.81. The van der Waals surface area contributed by atoms with Crippen molar-refractivity contribution in [3.8, 4) is 0 Å². The number of alkyl halides is 3. The number of aromatic nitrogens is 2. The van der Waals surface area contributed by atoms with Crippen LogP contribution in [0.2, 0.25) is 5.02 Å². The fourth-order valence-electron chi connectivity index (χ4n) is 3.47. The van der Waals surface area contributed by atoms with Crippen molar-refractivity contribution in [1.29, 1.82) is 0 Å². The molecule has 11 heteroatoms. The lowest BCUT2D eigenvalue weighted by Crippen LogP contribution is -2.43. The smallest absolute Gasteiger partial charge is 0.348 e. The maximum Gasteiger partial charge on any atom is 0.416 e. The Hall–Kier alpha value is -2.20. The molecule has 0 saturated heterocycles. The van der Waals surface area contributed by atoms with Crippen LogP contribution in [0.25, 0.3) is 5.57 Å². The van der Waals surface area contributed by atoms with E-state index in [-0.39, 0.29) is 35.6 Å². The molecular formula is C21H19Cl2F3N4OS. The standard InChI is InChI=1S/C21H19Cl2F3N4OS/c1-30-19(17(23)10-28-30)13-8-18(32)14(7-16(13)22)20(31)29-12(9-27)6-11-4-2-3-5-15(11)21(24,25)26/h2-5,7,10,12H,6,8-9,27H2,1H3,(H,29,31)/t12-/m0/s1. The van der Waals surface area contributed by atoms with Crippen molar-refractivity contribution >= 4 is 51.8 Å². The van der Waals surface area contributed by atoms with Gasteiger partial charge in [-0.15, -0.1) is 0 Å². The van der Waals surface area contributed by atoms with Gasteiger partial charge in [-0.25, -0.2) is 0 Å². The second-order valence-corrected chi connectivity index (χ2v) is 8.52. The summed E-state index contributed by atoms with van der Waals surface area (Å²) < 4.78 is 41.4. The van der Waals surface area contributed by atoms with E-state index in [2.05, 4.69) is 10.4 Å². The molecule has 3 rings (SSSR count). The van der Waals surface area contributed by atoms with Crippen LogP contribution >= 0.6 is 35.4 Å². The van der Waals surface area contributed by atoms with Gasteiger partial charge in [-0.05, 0) is 24.1 Å². The number of halogens is 5. The number of nitrogens with zero attached hydrogens (tertiary/aromatic N) is 2. The fraction of sp³-hybridized carbons (Fsp3) is 0.286. The van der Waals surface area contributed by atoms with Crippen LogP contribution in [0.3, 0.4) is 0 Å². The zero-order valence-electron chi connectivity index (χ0n) is 16.8. The highest BCUT2D eigenvalue weighted by Gasteiger charge is 2.34. The van der Waals surface area contributed by atoms with Crippen molar-refractivity contribution in [3.63, 3.8) is 0 Å². The van der Waals surface area contributed by atoms with Crippen molar-refractivity contribution in [2.45, 2.75) is 25.1 Å². The molecule has 0 radical (unpaired) electrons. The van der Waals surface area contributed by atoms with Crippen molar-refractivity contribution in [2.75, 3.05) is 6.54 Å². The van der Waals surface area contributed by atoms with E-state index in [4.69, 9.17) is 41.2 Å². The minimum absolute atomic E-state index is 0.0435. The number of carbonyl (C=O) groups excluding carboxylic acids is 1. The topological polar surface area (TPSA) is 72.9 Å². The number of amides is 1. The second-order valence-electron chi connectivity index (χ2n) is 7.21. The Bertz CT molecular complexity index is 1100. The maximum atomic E-state index is 13.3. The van der Waals surface area contributed by atoms with Gasteiger partial charge in [0.15, 0.2) is 0 Å². The summed E-state index contributed by atoms with van der Waals surface area (Å²) in [5.41, 5.74) is 6.40. The number of rotatable bonds is 6. The van der Waals surface area contributed by atoms with Crippen molar-refractivity contribution < 1.29 is 18.0 Å². The number of hydrogen-bond donors (Lipinski definition) is 2. The first kappa shape index (κ1) is 24.4. The van der Waals surface area contributed by atoms with Crippen molar-refractivity contribution in [2.24, 2.45) is 12.8 Å². The molecule has 3 N–H and O–H groups in total. The van der Waals surface area contributed by atoms with E-state index in [9.17, 15) is 18.0 Å². The first-order chi connectivity index (χ1) is 15.0. The van der Waals surface area contributed by atoms with Gasteiger partial charge in [-0.2, -0.15) is 18.3 Å². The number of nitrogens with two attached hydrogens (primary N) is 1. The molecule has 1 heterocycles. The van der Waals surface area contributed by atoms with Gasteiger partial charge in [-0.1, -0.05) is 53.6 Å². The van der Waals surface area contributed by atoms with Gasteiger partial charge in [0.05, 0.1) is 28.0 Å². The molecule has 0 bridgehead atoms. The van der Waals surface area contributed by atoms with Gasteiger partial charge in [0, 0.05) is 41.5 Å². The van der Waals surface area contributed by atoms with Crippen molar-refractivity contribution in [1.82, 2.24) is 15.1 Å². The predicted octanol–water partition coefficient (Wildman–Crippen LogP) is 4.43. The average Bonchev–Trinajstić information content (AvgIpc) is 3.06. The van der Waals surface area contributed by atoms with Crippen LogP contribution in [0.15, 0.2) is 47.1 Å². The van der Waals surface area contributed by atoms with E-state index in [0.717, 1.165) is 6.07 Å². The van der Waals surface area contributed by atoms with E-state index in [1.807, 2.05) is 0 Å². The SMILES string of the molecule is Cn1ncc(Cl)c1C1=C(Cl)C=C(C(=O)N[C@H](CN)Cc2ccccc2C(F)(F)F)C(=S)C1. The quantitative estimate of drug-likeness (QED) is 0.573. The molecule has 0 saturated carbocycles. The number of allylic oxidation sites excluding steroid dienone is 3. The molecule has 5 nitrogen and oxygen atoms in total. The zero-order valence-corrected chi connectivity index (χ0v) is 19.2. The fourth-order valence-corrected chi connectivity index (χ4v) is 4.31. The van der Waals surface area contributed by atoms with Crippen LogP contribution in [-0.2, 0) is 24.4 Å². The zero-order chi connectivity index (χ0) is 23.6. The van der Waals surface area contributed by atoms with Crippen LogP contribution in [-0.4, -0.2) is 33.1 Å². The number of thiocarbonyl (C=S) groups is 1. The minimum Gasteiger partial charge on any atom is -0.348 e. The third-order valence-electron chi connectivity index (χ3n) is 5.03. The second kappa shape index (κ2) is 9.74. The maximum absolute atomic E-state index is 13.3. The lowest BCUT2D eigenvalue weighted by molar-refractivity contribution is -0.138. The highest BCUT2D eigenvalue weighted by Crippen LogP contribution is 2.36. The van der Waals surface area contributed by atoms with E-state index in [1.54, 1.807) is 11.7 Å². The Kier molecular flexibility index (Phi) is 7.44. The third kappa shape index (κ3) is 5.23. The van der Waals surface area contributed by atoms with Crippen molar-refractivity contribution in [3.05, 3.63) is 69.0 Å². The number of benzene rings is 1. The van der Waals surface area contributed by atoms with E-state index in [0.29, 0.717) is 21.2 Å². The third-order valence-corrected chi connectivity index (χ3v) is 6.01. The van der Waals surface area contributed by atoms with Crippen LogP contribution in [0.1, 0.15) is 23.2 Å². The number of hydrogen-bond acceptors (Lipinski definition) is 4. The molecule has 1 aromatic carbocycles. The first-order valence-electron chi connectivity index (χ1n) is 9.50. The summed E-state index contributed by atoms with van der Waals surface area (Å²) in [6.45, 7) is -0.0581. The highest BCUT2D eigenvalue weighted by atomic mass is 35.5. The Morgan fingerprint density at radius 3 is 2.62 bits per heavy atom. The summed E-state index contributed by atoms with van der Waals surface area (Å²) in [6, 6.07) is 4.46. The van der Waals surface area contributed by atoms with Gasteiger partial charge >= 0.3 is 6.18 Å². The first-order valence-corrected chi connectivity index (χ1v) is 10.7. The molecule has 32 heavy (non-hydrogen) atoms. The van der Waals surface area contributed by atoms with Gasteiger partial charge < -0.3 is 11.1 Å². The lowest BCUT2D eigenvalue weighted by atomic mass is 9.94. The minimum atomic E-state index is -4.50. The number of aryl methyl sites for hydroxylation is 1. The molecule has 0 spiro atoms. The Morgan fingerprint density at radius 2 is 2.03 bits per heavy atom. The molecule has 0 aliphatic heterocycles. The Balaban J connectivity index is 1.82. The summed E-state index contributed by atoms with van der Waals surface area (Å²) in [4.78, 5) is 13.2. The molecule has 1 atom stereocenters. The predicted molar refractivity (Wildman–Crippen MR) is 122 cm³/mol. The van der Waals surface area contributed by atoms with Gasteiger partial charge in [-0.3, -0.25) is 9.48 Å². The molecule has 0 fully saturated rings. The van der Waals surface area contributed by atoms with Crippen LogP contribution in [0, 0.1) is 0 Å². The molecule has 1 aliphatic rings. The van der Waals surface area contributed by atoms with E-state index in [1.165, 1.54) is 30.5 Å². The monoisotopic (exact) mass is 502 g/mol. The van der Waals surface area contributed by atoms with Crippen LogP contribution in [0.4, 0.5) is 13.2 Å². The summed E-state index contributed by atoms with van der Waals surface area (Å²) in [7, 11) is 1.71. The molecule has 2 aromatic rings. The van der Waals surface area contributed by atoms with Crippen LogP contribution in [0.5, 0.6) is 0 Å². The summed E-state index contributed by atoms with van der Waals surface area (Å²) in [5, 5.41) is 7.43. The Labute approximate surface area is 198 Å². The summed E-state index contributed by atoms with van der Waals surface area (Å²) in [6.07, 6.45) is -1.49. The number of carbonyl (C=O) groups is 1. The molecule has 0 unspecified atom stereocenters. The summed E-state index contributed by atoms with van der Waals surface area (Å²) in [5.74, 6) is -0.553. The molecular weight excluding hydrogens is 484 g/mol. The molecule has 1 aromatic heterocycles. The largest absolute Gasteiger partial charge is 0.416 e. The van der Waals surface area contributed by atoms with Gasteiger partial charge in [0.1, 0.15) is 0 Å². The normalized spacial score (nSPS) is 15.6. The molecule has 1 amide bonds. The Morgan fingerprint density at radius 1 is 1.34 bits per heavy atom. The molecule has 1 aliphatic carbocycles. The lowest BCUT2D eigenvalue weighted by Gasteiger charge is -2.23. The van der Waals surface area contributed by atoms with E-state index >= 15 is 0 Å². The average molecular weight is 503 g/mol. The van der Waals surface area contributed by atoms with Gasteiger partial charge in [0.25, 0.3) is 5.91 Å². The van der Waals surface area contributed by atoms with Crippen LogP contribution < -0.4 is 11.1 Å². The van der Waals surface area contributed by atoms with Gasteiger partial charge in [0.2, 0.25) is 0 Å².